The molecule has 1 amide bonds. The molecule has 0 spiro atoms. The molecule has 0 aliphatic carbocycles. The molecule has 19 heteroatoms. The first-order chi connectivity index (χ1) is 27.0. The number of aldehydes is 2. The molecule has 0 atom stereocenters. The van der Waals surface area contributed by atoms with E-state index < -0.39 is 47.1 Å². The first-order valence-corrected chi connectivity index (χ1v) is 17.1. The van der Waals surface area contributed by atoms with Crippen molar-refractivity contribution in [2.45, 2.75) is 79.1 Å². The highest BCUT2D eigenvalue weighted by Gasteiger charge is 2.27. The molecule has 0 saturated carbocycles. The van der Waals surface area contributed by atoms with Crippen LogP contribution in [0.1, 0.15) is 83.0 Å². The Hall–Kier alpha value is -6.79. The van der Waals surface area contributed by atoms with Crippen molar-refractivity contribution in [2.24, 2.45) is 0 Å². The smallest absolute Gasteiger partial charge is 0.481 e. The summed E-state index contributed by atoms with van der Waals surface area (Å²) in [7, 11) is 2.98. The number of halogens is 2. The second-order valence-electron chi connectivity index (χ2n) is 14.5. The molecule has 58 heavy (non-hydrogen) atoms. The maximum absolute atomic E-state index is 13.9. The number of pyridine rings is 4. The summed E-state index contributed by atoms with van der Waals surface area (Å²) in [6.45, 7) is 15.1. The average molecular weight is 813 g/mol. The Morgan fingerprint density at radius 1 is 0.638 bits per heavy atom. The zero-order valence-corrected chi connectivity index (χ0v) is 33.9. The van der Waals surface area contributed by atoms with Gasteiger partial charge in [-0.15, -0.1) is 0 Å². The molecule has 0 fully saturated rings. The number of amides is 1. The van der Waals surface area contributed by atoms with Gasteiger partial charge in [0.05, 0.1) is 49.1 Å². The number of anilines is 4. The van der Waals surface area contributed by atoms with Crippen molar-refractivity contribution < 1.29 is 61.2 Å². The Morgan fingerprint density at radius 3 is 1.52 bits per heavy atom. The van der Waals surface area contributed by atoms with E-state index in [9.17, 15) is 32.8 Å². The second kappa shape index (κ2) is 20.9. The van der Waals surface area contributed by atoms with Crippen LogP contribution in [-0.2, 0) is 18.9 Å². The Labute approximate surface area is 334 Å². The highest BCUT2D eigenvalue weighted by Crippen LogP contribution is 2.28. The first kappa shape index (κ1) is 47.4. The number of nitrogens with one attached hydrogen (secondary N) is 1. The van der Waals surface area contributed by atoms with E-state index in [0.717, 1.165) is 4.90 Å². The number of rotatable bonds is 8. The Kier molecular flexibility index (Phi) is 17.1. The fourth-order valence-electron chi connectivity index (χ4n) is 3.85. The maximum atomic E-state index is 13.9. The number of aromatic nitrogens is 4. The van der Waals surface area contributed by atoms with E-state index in [1.54, 1.807) is 86.6 Å². The predicted octanol–water partition coefficient (Wildman–Crippen LogP) is 8.56. The van der Waals surface area contributed by atoms with Crippen molar-refractivity contribution >= 4 is 54.0 Å². The number of ether oxygens (including phenoxy) is 6. The molecule has 1 N–H and O–H groups in total. The SMILES string of the molecule is CC(C)(C)OC(=O)OC(=O)OC(C)(C)C.COc1ccc(N(C(=O)OC(C)(C)C)c2ccc(C=O)c(F)n2)cn1.COc1ccc(Nc2ccc(C=O)c(F)n2)cn1. The minimum Gasteiger partial charge on any atom is -0.481 e. The van der Waals surface area contributed by atoms with Gasteiger partial charge >= 0.3 is 18.4 Å². The van der Waals surface area contributed by atoms with E-state index in [1.807, 2.05) is 0 Å². The van der Waals surface area contributed by atoms with Crippen molar-refractivity contribution in [2.75, 3.05) is 24.4 Å². The van der Waals surface area contributed by atoms with E-state index >= 15 is 0 Å². The summed E-state index contributed by atoms with van der Waals surface area (Å²) in [4.78, 5) is 72.2. The molecule has 0 aliphatic rings. The summed E-state index contributed by atoms with van der Waals surface area (Å²) in [5.41, 5.74) is -1.49. The van der Waals surface area contributed by atoms with E-state index in [2.05, 4.69) is 30.0 Å². The van der Waals surface area contributed by atoms with Crippen LogP contribution >= 0.6 is 0 Å². The van der Waals surface area contributed by atoms with Gasteiger partial charge in [0, 0.05) is 12.1 Å². The molecule has 4 aromatic heterocycles. The third kappa shape index (κ3) is 16.9. The van der Waals surface area contributed by atoms with Crippen LogP contribution in [0.15, 0.2) is 60.9 Å². The van der Waals surface area contributed by atoms with E-state index in [4.69, 9.17) is 23.7 Å². The summed E-state index contributed by atoms with van der Waals surface area (Å²) >= 11 is 0. The molecule has 4 rings (SSSR count). The van der Waals surface area contributed by atoms with Crippen molar-refractivity contribution in [1.82, 2.24) is 19.9 Å². The van der Waals surface area contributed by atoms with E-state index in [0.29, 0.717) is 41.5 Å². The number of nitrogens with zero attached hydrogens (tertiary/aromatic N) is 5. The van der Waals surface area contributed by atoms with Crippen LogP contribution in [0, 0.1) is 11.9 Å². The summed E-state index contributed by atoms with van der Waals surface area (Å²) in [6, 6.07) is 11.9. The zero-order valence-electron chi connectivity index (χ0n) is 33.9. The number of carbonyl (C=O) groups is 5. The lowest BCUT2D eigenvalue weighted by atomic mass is 10.2. The highest BCUT2D eigenvalue weighted by atomic mass is 19.1. The molecule has 17 nitrogen and oxygen atoms in total. The average Bonchev–Trinajstić information content (AvgIpc) is 3.11. The van der Waals surface area contributed by atoms with Gasteiger partial charge in [-0.1, -0.05) is 0 Å². The fraction of sp³-hybridized carbons (Fsp3) is 0.359. The topological polar surface area (TPSA) is 208 Å². The summed E-state index contributed by atoms with van der Waals surface area (Å²) in [5.74, 6) is -0.701. The van der Waals surface area contributed by atoms with Crippen molar-refractivity contribution in [3.05, 3.63) is 83.9 Å². The molecule has 4 aromatic rings. The Balaban J connectivity index is 0.000000312. The quantitative estimate of drug-likeness (QED) is 0.0581. The molecule has 0 radical (unpaired) electrons. The fourth-order valence-corrected chi connectivity index (χ4v) is 3.85. The van der Waals surface area contributed by atoms with Gasteiger partial charge < -0.3 is 33.7 Å². The molecule has 0 unspecified atom stereocenters. The molecule has 312 valence electrons. The summed E-state index contributed by atoms with van der Waals surface area (Å²) < 4.78 is 56.2. The van der Waals surface area contributed by atoms with Crippen LogP contribution in [0.3, 0.4) is 0 Å². The number of hydrogen-bond acceptors (Lipinski definition) is 16. The monoisotopic (exact) mass is 812 g/mol. The lowest BCUT2D eigenvalue weighted by molar-refractivity contribution is -0.0294. The van der Waals surface area contributed by atoms with Crippen LogP contribution < -0.4 is 19.7 Å². The van der Waals surface area contributed by atoms with Crippen molar-refractivity contribution in [3.8, 4) is 11.8 Å². The Bertz CT molecular complexity index is 1990. The predicted molar refractivity (Wildman–Crippen MR) is 206 cm³/mol. The number of carbonyl (C=O) groups excluding carboxylic acids is 5. The highest BCUT2D eigenvalue weighted by molar-refractivity contribution is 5.95. The normalized spacial score (nSPS) is 10.8. The van der Waals surface area contributed by atoms with Gasteiger partial charge in [0.15, 0.2) is 12.6 Å². The molecule has 0 saturated heterocycles. The van der Waals surface area contributed by atoms with Crippen LogP contribution in [0.2, 0.25) is 0 Å². The van der Waals surface area contributed by atoms with Gasteiger partial charge in [-0.2, -0.15) is 8.78 Å². The van der Waals surface area contributed by atoms with E-state index in [-0.39, 0.29) is 16.9 Å². The molecule has 0 aromatic carbocycles. The van der Waals surface area contributed by atoms with Gasteiger partial charge in [-0.25, -0.2) is 39.2 Å². The Morgan fingerprint density at radius 2 is 1.12 bits per heavy atom. The third-order valence-electron chi connectivity index (χ3n) is 6.15. The molecular weight excluding hydrogens is 766 g/mol. The van der Waals surface area contributed by atoms with Gasteiger partial charge in [0.1, 0.15) is 28.4 Å². The first-order valence-electron chi connectivity index (χ1n) is 17.1. The van der Waals surface area contributed by atoms with Crippen LogP contribution in [0.25, 0.3) is 0 Å². The third-order valence-corrected chi connectivity index (χ3v) is 6.15. The van der Waals surface area contributed by atoms with Gasteiger partial charge in [-0.05, 0) is 98.7 Å². The summed E-state index contributed by atoms with van der Waals surface area (Å²) in [5, 5.41) is 2.86. The lowest BCUT2D eigenvalue weighted by Crippen LogP contribution is -2.34. The largest absolute Gasteiger partial charge is 0.519 e. The second-order valence-corrected chi connectivity index (χ2v) is 14.5. The van der Waals surface area contributed by atoms with E-state index in [1.165, 1.54) is 50.9 Å². The maximum Gasteiger partial charge on any atom is 0.519 e. The van der Waals surface area contributed by atoms with Gasteiger partial charge in [0.2, 0.25) is 23.7 Å². The molecule has 4 heterocycles. The zero-order chi connectivity index (χ0) is 43.8. The molecule has 0 bridgehead atoms. The lowest BCUT2D eigenvalue weighted by Gasteiger charge is -2.26. The van der Waals surface area contributed by atoms with Crippen molar-refractivity contribution in [1.29, 1.82) is 0 Å². The van der Waals surface area contributed by atoms with Gasteiger partial charge in [0.25, 0.3) is 0 Å². The minimum absolute atomic E-state index is 0.0377. The standard InChI is InChI=1S/C17H18FN3O4.C12H10FN3O2.C10H18O5/c1-17(2,3)25-16(23)21(12-6-8-14(24-4)19-9-12)13-7-5-11(10-22)15(18)20-13;1-18-11-5-3-9(6-14-11)15-10-4-2-8(7-17)12(13)16-10;1-9(2,3)14-7(11)13-8(12)15-10(4,5)6/h5-10H,1-4H3;2-7H,1H3,(H,15,16);1-6H3. The van der Waals surface area contributed by atoms with Gasteiger partial charge in [-0.3, -0.25) is 9.59 Å². The molecule has 0 aliphatic heterocycles. The minimum atomic E-state index is -1.06. The summed E-state index contributed by atoms with van der Waals surface area (Å²) in [6.07, 6.45) is 0.792. The van der Waals surface area contributed by atoms with Crippen LogP contribution in [0.5, 0.6) is 11.8 Å². The number of methoxy groups -OCH3 is 2. The van der Waals surface area contributed by atoms with Crippen LogP contribution in [-0.4, -0.2) is 81.9 Å². The number of hydrogen-bond donors (Lipinski definition) is 1. The molecular formula is C39H46F2N6O11. The van der Waals surface area contributed by atoms with Crippen LogP contribution in [0.4, 0.5) is 46.2 Å². The van der Waals surface area contributed by atoms with Crippen molar-refractivity contribution in [3.63, 3.8) is 0 Å².